The second kappa shape index (κ2) is 10.0. The van der Waals surface area contributed by atoms with Gasteiger partial charge in [-0.1, -0.05) is 48.9 Å². The first-order valence-corrected chi connectivity index (χ1v) is 9.81. The number of rotatable bonds is 8. The van der Waals surface area contributed by atoms with E-state index < -0.39 is 0 Å². The number of aryl methyl sites for hydroxylation is 2. The molecule has 0 spiro atoms. The van der Waals surface area contributed by atoms with Gasteiger partial charge < -0.3 is 15.1 Å². The number of likely N-dealkylation sites (N-methyl/N-ethyl adjacent to an activating group) is 2. The molecular weight excluding hydrogens is 350 g/mol. The van der Waals surface area contributed by atoms with Crippen molar-refractivity contribution < 1.29 is 14.5 Å². The Kier molecular flexibility index (Phi) is 7.76. The summed E-state index contributed by atoms with van der Waals surface area (Å²) in [7, 11) is 3.69. The molecule has 0 radical (unpaired) electrons. The standard InChI is InChI=1S/C23H31N3O2/c1-6-19-9-11-20(12-10-19)15-25(4)18(3)23(28)26(5)16-22(27)24-21-13-7-17(2)8-14-21/h7-14,18H,6,15-16H2,1-5H3,(H,24,27)/p+1/t18-/m0/s1. The summed E-state index contributed by atoms with van der Waals surface area (Å²) in [5, 5.41) is 2.83. The molecule has 5 nitrogen and oxygen atoms in total. The monoisotopic (exact) mass is 382 g/mol. The van der Waals surface area contributed by atoms with E-state index >= 15 is 0 Å². The van der Waals surface area contributed by atoms with Crippen LogP contribution in [0.3, 0.4) is 0 Å². The number of benzene rings is 2. The van der Waals surface area contributed by atoms with Gasteiger partial charge in [0.15, 0.2) is 6.04 Å². The SMILES string of the molecule is CCc1ccc(C[NH+](C)[C@@H](C)C(=O)N(C)CC(=O)Nc2ccc(C)cc2)cc1. The first-order chi connectivity index (χ1) is 13.3. The molecule has 2 aromatic rings. The van der Waals surface area contributed by atoms with Crippen LogP contribution in [0.4, 0.5) is 5.69 Å². The third-order valence-corrected chi connectivity index (χ3v) is 5.12. The van der Waals surface area contributed by atoms with Gasteiger partial charge in [-0.2, -0.15) is 0 Å². The van der Waals surface area contributed by atoms with Gasteiger partial charge in [0.05, 0.1) is 13.6 Å². The quantitative estimate of drug-likeness (QED) is 0.734. The number of amides is 2. The average molecular weight is 383 g/mol. The van der Waals surface area contributed by atoms with E-state index in [0.717, 1.165) is 29.1 Å². The number of hydrogen-bond donors (Lipinski definition) is 2. The van der Waals surface area contributed by atoms with E-state index in [2.05, 4.69) is 36.5 Å². The maximum atomic E-state index is 12.7. The molecule has 0 bridgehead atoms. The molecule has 2 N–H and O–H groups in total. The number of nitrogens with zero attached hydrogens (tertiary/aromatic N) is 1. The van der Waals surface area contributed by atoms with Gasteiger partial charge in [-0.05, 0) is 38.0 Å². The van der Waals surface area contributed by atoms with Crippen molar-refractivity contribution in [2.75, 3.05) is 26.0 Å². The zero-order chi connectivity index (χ0) is 20.7. The van der Waals surface area contributed by atoms with E-state index in [9.17, 15) is 9.59 Å². The van der Waals surface area contributed by atoms with Crippen LogP contribution in [-0.4, -0.2) is 43.4 Å². The molecule has 0 aromatic heterocycles. The van der Waals surface area contributed by atoms with Gasteiger partial charge in [-0.3, -0.25) is 9.59 Å². The molecular formula is C23H32N3O2+. The fourth-order valence-electron chi connectivity index (χ4n) is 3.04. The highest BCUT2D eigenvalue weighted by Crippen LogP contribution is 2.08. The van der Waals surface area contributed by atoms with Crippen LogP contribution in [0, 0.1) is 6.92 Å². The van der Waals surface area contributed by atoms with Crippen LogP contribution in [0.2, 0.25) is 0 Å². The van der Waals surface area contributed by atoms with E-state index in [0.29, 0.717) is 0 Å². The van der Waals surface area contributed by atoms with E-state index in [4.69, 9.17) is 0 Å². The molecule has 0 aliphatic heterocycles. The summed E-state index contributed by atoms with van der Waals surface area (Å²) in [6.07, 6.45) is 1.02. The van der Waals surface area contributed by atoms with Gasteiger partial charge in [0.1, 0.15) is 6.54 Å². The lowest BCUT2D eigenvalue weighted by molar-refractivity contribution is -0.908. The van der Waals surface area contributed by atoms with E-state index in [1.54, 1.807) is 7.05 Å². The summed E-state index contributed by atoms with van der Waals surface area (Å²) >= 11 is 0. The zero-order valence-electron chi connectivity index (χ0n) is 17.6. The summed E-state index contributed by atoms with van der Waals surface area (Å²) < 4.78 is 0. The Labute approximate surface area is 168 Å². The minimum atomic E-state index is -0.233. The molecule has 1 unspecified atom stereocenters. The molecule has 5 heteroatoms. The topological polar surface area (TPSA) is 53.9 Å². The number of quaternary nitrogens is 1. The Morgan fingerprint density at radius 2 is 1.61 bits per heavy atom. The molecule has 0 saturated heterocycles. The molecule has 150 valence electrons. The van der Waals surface area contributed by atoms with Crippen molar-refractivity contribution in [1.82, 2.24) is 4.90 Å². The Hall–Kier alpha value is -2.66. The zero-order valence-corrected chi connectivity index (χ0v) is 17.6. The van der Waals surface area contributed by atoms with Crippen LogP contribution in [-0.2, 0) is 22.6 Å². The fraction of sp³-hybridized carbons (Fsp3) is 0.391. The molecule has 0 aliphatic rings. The van der Waals surface area contributed by atoms with Crippen LogP contribution in [0.25, 0.3) is 0 Å². The Morgan fingerprint density at radius 3 is 2.18 bits per heavy atom. The molecule has 0 fully saturated rings. The first-order valence-electron chi connectivity index (χ1n) is 9.81. The molecule has 2 aromatic carbocycles. The van der Waals surface area contributed by atoms with Crippen molar-refractivity contribution in [2.24, 2.45) is 0 Å². The van der Waals surface area contributed by atoms with E-state index in [1.807, 2.05) is 45.2 Å². The normalized spacial score (nSPS) is 12.9. The lowest BCUT2D eigenvalue weighted by Crippen LogP contribution is -3.12. The highest BCUT2D eigenvalue weighted by molar-refractivity contribution is 5.94. The summed E-state index contributed by atoms with van der Waals surface area (Å²) in [6.45, 7) is 6.84. The smallest absolute Gasteiger partial charge is 0.280 e. The number of nitrogens with one attached hydrogen (secondary N) is 2. The van der Waals surface area contributed by atoms with Crippen molar-refractivity contribution in [1.29, 1.82) is 0 Å². The predicted octanol–water partition coefficient (Wildman–Crippen LogP) is 2.06. The van der Waals surface area contributed by atoms with Gasteiger partial charge in [0.2, 0.25) is 5.91 Å². The van der Waals surface area contributed by atoms with Crippen LogP contribution in [0.5, 0.6) is 0 Å². The van der Waals surface area contributed by atoms with Crippen molar-refractivity contribution in [3.05, 3.63) is 65.2 Å². The minimum Gasteiger partial charge on any atom is -0.331 e. The molecule has 28 heavy (non-hydrogen) atoms. The highest BCUT2D eigenvalue weighted by Gasteiger charge is 2.26. The van der Waals surface area contributed by atoms with Gasteiger partial charge >= 0.3 is 0 Å². The van der Waals surface area contributed by atoms with E-state index in [-0.39, 0.29) is 24.4 Å². The number of hydrogen-bond acceptors (Lipinski definition) is 2. The van der Waals surface area contributed by atoms with Crippen LogP contribution in [0.1, 0.15) is 30.5 Å². The molecule has 2 rings (SSSR count). The van der Waals surface area contributed by atoms with Crippen molar-refractivity contribution in [3.63, 3.8) is 0 Å². The maximum absolute atomic E-state index is 12.7. The van der Waals surface area contributed by atoms with Gasteiger partial charge in [-0.15, -0.1) is 0 Å². The van der Waals surface area contributed by atoms with Gasteiger partial charge in [-0.25, -0.2) is 0 Å². The Balaban J connectivity index is 1.87. The largest absolute Gasteiger partial charge is 0.331 e. The summed E-state index contributed by atoms with van der Waals surface area (Å²) in [4.78, 5) is 27.6. The van der Waals surface area contributed by atoms with E-state index in [1.165, 1.54) is 16.0 Å². The summed E-state index contributed by atoms with van der Waals surface area (Å²) in [5.74, 6) is -0.235. The third kappa shape index (κ3) is 6.20. The van der Waals surface area contributed by atoms with Crippen molar-refractivity contribution in [2.45, 2.75) is 39.8 Å². The number of anilines is 1. The molecule has 0 aliphatic carbocycles. The van der Waals surface area contributed by atoms with Crippen LogP contribution in [0.15, 0.2) is 48.5 Å². The minimum absolute atomic E-state index is 0.0372. The Morgan fingerprint density at radius 1 is 1.04 bits per heavy atom. The maximum Gasteiger partial charge on any atom is 0.280 e. The van der Waals surface area contributed by atoms with Crippen LogP contribution >= 0.6 is 0 Å². The second-order valence-electron chi connectivity index (χ2n) is 7.52. The number of carbonyl (C=O) groups is 2. The third-order valence-electron chi connectivity index (χ3n) is 5.12. The highest BCUT2D eigenvalue weighted by atomic mass is 16.2. The molecule has 0 saturated carbocycles. The first kappa shape index (κ1) is 21.6. The lowest BCUT2D eigenvalue weighted by atomic mass is 10.1. The molecule has 0 heterocycles. The van der Waals surface area contributed by atoms with Crippen molar-refractivity contribution >= 4 is 17.5 Å². The van der Waals surface area contributed by atoms with Gasteiger partial charge in [0.25, 0.3) is 5.91 Å². The van der Waals surface area contributed by atoms with Gasteiger partial charge in [0, 0.05) is 18.3 Å². The second-order valence-corrected chi connectivity index (χ2v) is 7.52. The number of carbonyl (C=O) groups excluding carboxylic acids is 2. The Bertz CT molecular complexity index is 784. The van der Waals surface area contributed by atoms with Crippen LogP contribution < -0.4 is 10.2 Å². The molecule has 2 amide bonds. The van der Waals surface area contributed by atoms with Crippen molar-refractivity contribution in [3.8, 4) is 0 Å². The average Bonchev–Trinajstić information content (AvgIpc) is 2.69. The predicted molar refractivity (Wildman–Crippen MR) is 113 cm³/mol. The lowest BCUT2D eigenvalue weighted by Gasteiger charge is -2.25. The fourth-order valence-corrected chi connectivity index (χ4v) is 3.04. The molecule has 2 atom stereocenters. The summed E-state index contributed by atoms with van der Waals surface area (Å²) in [6, 6.07) is 15.9. The summed E-state index contributed by atoms with van der Waals surface area (Å²) in [5.41, 5.74) is 4.39.